The van der Waals surface area contributed by atoms with Gasteiger partial charge in [-0.3, -0.25) is 0 Å². The molecule has 1 fully saturated rings. The summed E-state index contributed by atoms with van der Waals surface area (Å²) in [5.74, 6) is -1.44. The molecule has 25 heavy (non-hydrogen) atoms. The minimum Gasteiger partial charge on any atom is -0.444 e. The van der Waals surface area contributed by atoms with Crippen LogP contribution in [0.3, 0.4) is 0 Å². The largest absolute Gasteiger partial charge is 0.444 e. The predicted molar refractivity (Wildman–Crippen MR) is 82.4 cm³/mol. The first-order valence-electron chi connectivity index (χ1n) is 7.69. The summed E-state index contributed by atoms with van der Waals surface area (Å²) in [4.78, 5) is 13.3. The number of rotatable bonds is 3. The summed E-state index contributed by atoms with van der Waals surface area (Å²) in [5.41, 5.74) is -2.09. The smallest absolute Gasteiger partial charge is 0.419 e. The Balaban J connectivity index is 2.01. The topological polar surface area (TPSA) is 61.8 Å². The van der Waals surface area contributed by atoms with Gasteiger partial charge in [0.05, 0.1) is 11.6 Å². The number of benzene rings is 1. The second-order valence-electron chi connectivity index (χ2n) is 6.81. The normalized spacial score (nSPS) is 19.2. The van der Waals surface area contributed by atoms with Crippen molar-refractivity contribution in [1.29, 1.82) is 0 Å². The van der Waals surface area contributed by atoms with Crippen LogP contribution in [0.1, 0.15) is 32.8 Å². The molecule has 9 heteroatoms. The molecule has 1 aromatic carbocycles. The van der Waals surface area contributed by atoms with E-state index in [0.29, 0.717) is 25.1 Å². The van der Waals surface area contributed by atoms with Crippen LogP contribution in [0.15, 0.2) is 18.2 Å². The summed E-state index contributed by atoms with van der Waals surface area (Å²) >= 11 is 0. The van der Waals surface area contributed by atoms with Crippen LogP contribution in [0.4, 0.5) is 28.0 Å². The zero-order chi connectivity index (χ0) is 19.0. The van der Waals surface area contributed by atoms with Gasteiger partial charge in [-0.25, -0.2) is 9.18 Å². The molecular formula is C16H20F4N2O3. The molecule has 1 aromatic rings. The van der Waals surface area contributed by atoms with Gasteiger partial charge in [0, 0.05) is 12.2 Å². The van der Waals surface area contributed by atoms with E-state index in [1.54, 1.807) is 20.8 Å². The van der Waals surface area contributed by atoms with Crippen molar-refractivity contribution in [1.82, 2.24) is 4.90 Å². The molecule has 1 unspecified atom stereocenters. The number of nitrogens with one attached hydrogen (secondary N) is 1. The van der Waals surface area contributed by atoms with Crippen LogP contribution < -0.4 is 5.32 Å². The van der Waals surface area contributed by atoms with Gasteiger partial charge in [-0.15, -0.1) is 0 Å². The van der Waals surface area contributed by atoms with Crippen LogP contribution in [0.5, 0.6) is 0 Å². The van der Waals surface area contributed by atoms with Gasteiger partial charge < -0.3 is 20.1 Å². The molecule has 0 aromatic heterocycles. The fourth-order valence-electron chi connectivity index (χ4n) is 2.38. The van der Waals surface area contributed by atoms with E-state index in [1.807, 2.05) is 0 Å². The Morgan fingerprint density at radius 3 is 2.44 bits per heavy atom. The van der Waals surface area contributed by atoms with Crippen molar-refractivity contribution in [2.45, 2.75) is 51.2 Å². The molecule has 0 saturated carbocycles. The third-order valence-electron chi connectivity index (χ3n) is 3.65. The van der Waals surface area contributed by atoms with E-state index in [1.165, 1.54) is 4.90 Å². The van der Waals surface area contributed by atoms with Crippen LogP contribution in [-0.4, -0.2) is 40.5 Å². The maximum Gasteiger partial charge on any atom is 0.419 e. The zero-order valence-corrected chi connectivity index (χ0v) is 14.0. The molecule has 1 heterocycles. The molecule has 140 valence electrons. The first-order chi connectivity index (χ1) is 11.4. The molecule has 1 saturated heterocycles. The van der Waals surface area contributed by atoms with Crippen molar-refractivity contribution >= 4 is 11.8 Å². The van der Waals surface area contributed by atoms with Gasteiger partial charge in [-0.05, 0) is 45.4 Å². The average Bonchev–Trinajstić information content (AvgIpc) is 2.32. The van der Waals surface area contributed by atoms with Crippen molar-refractivity contribution in [3.63, 3.8) is 0 Å². The lowest BCUT2D eigenvalue weighted by Gasteiger charge is -2.43. The maximum atomic E-state index is 13.6. The Morgan fingerprint density at radius 1 is 1.36 bits per heavy atom. The molecule has 0 spiro atoms. The van der Waals surface area contributed by atoms with Gasteiger partial charge in [0.25, 0.3) is 0 Å². The number of aliphatic hydroxyl groups excluding tert-OH is 1. The number of halogens is 4. The highest BCUT2D eigenvalue weighted by Crippen LogP contribution is 2.33. The first-order valence-corrected chi connectivity index (χ1v) is 7.69. The molecule has 2 N–H and O–H groups in total. The van der Waals surface area contributed by atoms with E-state index in [-0.39, 0.29) is 5.69 Å². The highest BCUT2D eigenvalue weighted by atomic mass is 19.4. The first kappa shape index (κ1) is 19.3. The molecule has 5 nitrogen and oxygen atoms in total. The van der Waals surface area contributed by atoms with Gasteiger partial charge in [0.1, 0.15) is 17.6 Å². The SMILES string of the molecule is CC(C)(C)OC(=O)N1CC[C@H]1C(O)Nc1ccc(C(F)(F)F)c(F)c1. The Labute approximate surface area is 142 Å². The van der Waals surface area contributed by atoms with E-state index in [0.717, 1.165) is 6.07 Å². The minimum atomic E-state index is -4.79. The predicted octanol–water partition coefficient (Wildman–Crippen LogP) is 3.58. The van der Waals surface area contributed by atoms with E-state index in [4.69, 9.17) is 4.74 Å². The van der Waals surface area contributed by atoms with Crippen molar-refractivity contribution in [2.75, 3.05) is 11.9 Å². The fraction of sp³-hybridized carbons (Fsp3) is 0.562. The fourth-order valence-corrected chi connectivity index (χ4v) is 2.38. The van der Waals surface area contributed by atoms with Crippen LogP contribution in [-0.2, 0) is 10.9 Å². The molecule has 0 aliphatic carbocycles. The lowest BCUT2D eigenvalue weighted by atomic mass is 10.0. The van der Waals surface area contributed by atoms with Crippen LogP contribution >= 0.6 is 0 Å². The van der Waals surface area contributed by atoms with Crippen molar-refractivity contribution in [3.05, 3.63) is 29.6 Å². The summed E-state index contributed by atoms with van der Waals surface area (Å²) in [7, 11) is 0. The van der Waals surface area contributed by atoms with E-state index in [2.05, 4.69) is 5.32 Å². The summed E-state index contributed by atoms with van der Waals surface area (Å²) in [6, 6.07) is 1.66. The maximum absolute atomic E-state index is 13.6. The zero-order valence-electron chi connectivity index (χ0n) is 14.0. The second kappa shape index (κ2) is 6.70. The number of hydrogen-bond acceptors (Lipinski definition) is 4. The third-order valence-corrected chi connectivity index (χ3v) is 3.65. The molecular weight excluding hydrogens is 344 g/mol. The quantitative estimate of drug-likeness (QED) is 0.636. The number of ether oxygens (including phenoxy) is 1. The second-order valence-corrected chi connectivity index (χ2v) is 6.81. The van der Waals surface area contributed by atoms with Crippen LogP contribution in [0.2, 0.25) is 0 Å². The average molecular weight is 364 g/mol. The number of carbonyl (C=O) groups excluding carboxylic acids is 1. The lowest BCUT2D eigenvalue weighted by Crippen LogP contribution is -2.59. The Hall–Kier alpha value is -2.03. The summed E-state index contributed by atoms with van der Waals surface area (Å²) in [6.07, 6.45) is -6.17. The summed E-state index contributed by atoms with van der Waals surface area (Å²) in [5, 5.41) is 12.7. The number of anilines is 1. The monoisotopic (exact) mass is 364 g/mol. The molecule has 0 radical (unpaired) electrons. The number of amides is 1. The van der Waals surface area contributed by atoms with Gasteiger partial charge in [-0.2, -0.15) is 13.2 Å². The highest BCUT2D eigenvalue weighted by molar-refractivity contribution is 5.69. The summed E-state index contributed by atoms with van der Waals surface area (Å²) < 4.78 is 56.4. The van der Waals surface area contributed by atoms with Gasteiger partial charge in [0.15, 0.2) is 0 Å². The number of nitrogens with zero attached hydrogens (tertiary/aromatic N) is 1. The van der Waals surface area contributed by atoms with Crippen LogP contribution in [0.25, 0.3) is 0 Å². The lowest BCUT2D eigenvalue weighted by molar-refractivity contribution is -0.139. The van der Waals surface area contributed by atoms with Crippen molar-refractivity contribution in [2.24, 2.45) is 0 Å². The van der Waals surface area contributed by atoms with E-state index >= 15 is 0 Å². The molecule has 1 aliphatic rings. The molecule has 2 atom stereocenters. The Bertz CT molecular complexity index is 643. The standard InChI is InChI=1S/C16H20F4N2O3/c1-15(2,3)25-14(24)22-7-6-12(22)13(23)21-9-4-5-10(11(17)8-9)16(18,19)20/h4-5,8,12-13,21,23H,6-7H2,1-3H3/t12-,13?/m0/s1. The van der Waals surface area contributed by atoms with Gasteiger partial charge >= 0.3 is 12.3 Å². The van der Waals surface area contributed by atoms with Crippen LogP contribution in [0, 0.1) is 5.82 Å². The Morgan fingerprint density at radius 2 is 2.00 bits per heavy atom. The number of carbonyl (C=O) groups is 1. The summed E-state index contributed by atoms with van der Waals surface area (Å²) in [6.45, 7) is 5.51. The number of likely N-dealkylation sites (tertiary alicyclic amines) is 1. The minimum absolute atomic E-state index is 0.0194. The number of hydrogen-bond donors (Lipinski definition) is 2. The molecule has 0 bridgehead atoms. The molecule has 1 aliphatic heterocycles. The Kier molecular flexibility index (Phi) is 5.17. The number of aliphatic hydroxyl groups is 1. The van der Waals surface area contributed by atoms with Crippen molar-refractivity contribution in [3.8, 4) is 0 Å². The van der Waals surface area contributed by atoms with Gasteiger partial charge in [-0.1, -0.05) is 0 Å². The van der Waals surface area contributed by atoms with Gasteiger partial charge in [0.2, 0.25) is 0 Å². The van der Waals surface area contributed by atoms with E-state index < -0.39 is 41.5 Å². The molecule has 1 amide bonds. The highest BCUT2D eigenvalue weighted by Gasteiger charge is 2.40. The third kappa shape index (κ3) is 4.75. The molecule has 2 rings (SSSR count). The van der Waals surface area contributed by atoms with E-state index in [9.17, 15) is 27.5 Å². The number of alkyl halides is 3. The van der Waals surface area contributed by atoms with Crippen molar-refractivity contribution < 1.29 is 32.2 Å².